The van der Waals surface area contributed by atoms with Crippen molar-refractivity contribution in [3.63, 3.8) is 0 Å². The standard InChI is InChI=1S/C12H25N/c1-5-6-7-8-9-10-11(13)12(2,3)4/h5,11H,1,6-10,13H2,2-4H3. The summed E-state index contributed by atoms with van der Waals surface area (Å²) in [6.07, 6.45) is 8.09. The normalized spacial score (nSPS) is 14.2. The fourth-order valence-electron chi connectivity index (χ4n) is 1.26. The topological polar surface area (TPSA) is 26.0 Å². The minimum atomic E-state index is 0.262. The third kappa shape index (κ3) is 6.83. The van der Waals surface area contributed by atoms with Crippen molar-refractivity contribution in [2.45, 2.75) is 58.9 Å². The van der Waals surface area contributed by atoms with Gasteiger partial charge in [0.25, 0.3) is 0 Å². The van der Waals surface area contributed by atoms with E-state index in [1.54, 1.807) is 0 Å². The van der Waals surface area contributed by atoms with Crippen molar-refractivity contribution >= 4 is 0 Å². The fraction of sp³-hybridized carbons (Fsp3) is 0.833. The van der Waals surface area contributed by atoms with Crippen LogP contribution >= 0.6 is 0 Å². The zero-order chi connectivity index (χ0) is 10.3. The number of rotatable bonds is 6. The van der Waals surface area contributed by atoms with Gasteiger partial charge >= 0.3 is 0 Å². The molecular weight excluding hydrogens is 158 g/mol. The Balaban J connectivity index is 3.37. The second-order valence-electron chi connectivity index (χ2n) is 4.90. The Morgan fingerprint density at radius 1 is 1.23 bits per heavy atom. The minimum absolute atomic E-state index is 0.262. The van der Waals surface area contributed by atoms with Gasteiger partial charge in [-0.1, -0.05) is 39.7 Å². The summed E-state index contributed by atoms with van der Waals surface area (Å²) < 4.78 is 0. The van der Waals surface area contributed by atoms with Crippen molar-refractivity contribution in [3.8, 4) is 0 Å². The monoisotopic (exact) mass is 183 g/mol. The van der Waals surface area contributed by atoms with E-state index in [9.17, 15) is 0 Å². The molecule has 0 aliphatic carbocycles. The average molecular weight is 183 g/mol. The third-order valence-electron chi connectivity index (χ3n) is 2.54. The van der Waals surface area contributed by atoms with Crippen LogP contribution in [0.4, 0.5) is 0 Å². The molecule has 1 atom stereocenters. The van der Waals surface area contributed by atoms with Gasteiger partial charge in [-0.3, -0.25) is 0 Å². The van der Waals surface area contributed by atoms with Gasteiger partial charge in [0.15, 0.2) is 0 Å². The Bertz CT molecular complexity index is 133. The van der Waals surface area contributed by atoms with Gasteiger partial charge in [0.1, 0.15) is 0 Å². The molecule has 78 valence electrons. The summed E-state index contributed by atoms with van der Waals surface area (Å²) in [5.41, 5.74) is 6.31. The number of nitrogens with two attached hydrogens (primary N) is 1. The predicted molar refractivity (Wildman–Crippen MR) is 60.7 cm³/mol. The van der Waals surface area contributed by atoms with Gasteiger partial charge in [0, 0.05) is 6.04 Å². The maximum atomic E-state index is 6.05. The average Bonchev–Trinajstić information content (AvgIpc) is 2.02. The molecule has 0 radical (unpaired) electrons. The van der Waals surface area contributed by atoms with Crippen LogP contribution in [0.2, 0.25) is 0 Å². The van der Waals surface area contributed by atoms with E-state index in [1.807, 2.05) is 6.08 Å². The van der Waals surface area contributed by atoms with Crippen LogP contribution in [0.5, 0.6) is 0 Å². The molecule has 0 spiro atoms. The highest BCUT2D eigenvalue weighted by molar-refractivity contribution is 4.76. The first-order valence-corrected chi connectivity index (χ1v) is 5.35. The molecule has 0 aliphatic heterocycles. The summed E-state index contributed by atoms with van der Waals surface area (Å²) in [5.74, 6) is 0. The molecule has 1 unspecified atom stereocenters. The van der Waals surface area contributed by atoms with E-state index >= 15 is 0 Å². The van der Waals surface area contributed by atoms with E-state index in [1.165, 1.54) is 19.3 Å². The molecule has 0 aliphatic rings. The van der Waals surface area contributed by atoms with Gasteiger partial charge in [-0.25, -0.2) is 0 Å². The summed E-state index contributed by atoms with van der Waals surface area (Å²) in [7, 11) is 0. The van der Waals surface area contributed by atoms with Crippen LogP contribution in [0.1, 0.15) is 52.9 Å². The zero-order valence-electron chi connectivity index (χ0n) is 9.47. The maximum absolute atomic E-state index is 6.05. The lowest BCUT2D eigenvalue weighted by atomic mass is 9.84. The van der Waals surface area contributed by atoms with Crippen molar-refractivity contribution in [3.05, 3.63) is 12.7 Å². The van der Waals surface area contributed by atoms with E-state index in [2.05, 4.69) is 27.4 Å². The Labute approximate surface area is 83.4 Å². The molecule has 0 saturated heterocycles. The van der Waals surface area contributed by atoms with Crippen molar-refractivity contribution in [2.24, 2.45) is 11.1 Å². The molecule has 2 N–H and O–H groups in total. The van der Waals surface area contributed by atoms with Crippen LogP contribution in [0.3, 0.4) is 0 Å². The first kappa shape index (κ1) is 12.7. The molecule has 0 bridgehead atoms. The lowest BCUT2D eigenvalue weighted by Gasteiger charge is -2.26. The number of allylic oxidation sites excluding steroid dienone is 1. The number of unbranched alkanes of at least 4 members (excludes halogenated alkanes) is 3. The highest BCUT2D eigenvalue weighted by Crippen LogP contribution is 2.21. The van der Waals surface area contributed by atoms with Crippen LogP contribution in [-0.2, 0) is 0 Å². The molecule has 0 rings (SSSR count). The Morgan fingerprint density at radius 3 is 2.31 bits per heavy atom. The summed E-state index contributed by atoms with van der Waals surface area (Å²) in [6, 6.07) is 0.344. The van der Waals surface area contributed by atoms with Crippen LogP contribution in [0, 0.1) is 5.41 Å². The second kappa shape index (κ2) is 6.20. The van der Waals surface area contributed by atoms with Crippen LogP contribution in [0.15, 0.2) is 12.7 Å². The molecule has 0 saturated carbocycles. The van der Waals surface area contributed by atoms with Gasteiger partial charge in [-0.2, -0.15) is 0 Å². The fourth-order valence-corrected chi connectivity index (χ4v) is 1.26. The van der Waals surface area contributed by atoms with Gasteiger partial charge in [0.05, 0.1) is 0 Å². The molecule has 0 aromatic rings. The summed E-state index contributed by atoms with van der Waals surface area (Å²) in [4.78, 5) is 0. The van der Waals surface area contributed by atoms with Crippen LogP contribution in [-0.4, -0.2) is 6.04 Å². The van der Waals surface area contributed by atoms with Crippen molar-refractivity contribution in [1.82, 2.24) is 0 Å². The highest BCUT2D eigenvalue weighted by Gasteiger charge is 2.19. The predicted octanol–water partition coefficient (Wildman–Crippen LogP) is 3.50. The maximum Gasteiger partial charge on any atom is 0.00876 e. The van der Waals surface area contributed by atoms with E-state index < -0.39 is 0 Å². The molecule has 0 aromatic heterocycles. The summed E-state index contributed by atoms with van der Waals surface area (Å²) in [6.45, 7) is 10.3. The quantitative estimate of drug-likeness (QED) is 0.495. The molecular formula is C12H25N. The summed E-state index contributed by atoms with van der Waals surface area (Å²) >= 11 is 0. The largest absolute Gasteiger partial charge is 0.327 e. The lowest BCUT2D eigenvalue weighted by Crippen LogP contribution is -2.34. The van der Waals surface area contributed by atoms with E-state index in [4.69, 9.17) is 5.73 Å². The van der Waals surface area contributed by atoms with Crippen molar-refractivity contribution in [2.75, 3.05) is 0 Å². The smallest absolute Gasteiger partial charge is 0.00876 e. The SMILES string of the molecule is C=CCCCCCC(N)C(C)(C)C. The second-order valence-corrected chi connectivity index (χ2v) is 4.90. The minimum Gasteiger partial charge on any atom is -0.327 e. The molecule has 0 fully saturated rings. The van der Waals surface area contributed by atoms with E-state index in [0.29, 0.717) is 6.04 Å². The van der Waals surface area contributed by atoms with Crippen molar-refractivity contribution in [1.29, 1.82) is 0 Å². The molecule has 0 heterocycles. The number of hydrogen-bond acceptors (Lipinski definition) is 1. The Kier molecular flexibility index (Phi) is 6.06. The van der Waals surface area contributed by atoms with E-state index in [0.717, 1.165) is 12.8 Å². The highest BCUT2D eigenvalue weighted by atomic mass is 14.7. The van der Waals surface area contributed by atoms with Gasteiger partial charge < -0.3 is 5.73 Å². The Hall–Kier alpha value is -0.300. The van der Waals surface area contributed by atoms with Crippen LogP contribution in [0.25, 0.3) is 0 Å². The molecule has 0 amide bonds. The molecule has 0 aromatic carbocycles. The number of hydrogen-bond donors (Lipinski definition) is 1. The summed E-state index contributed by atoms with van der Waals surface area (Å²) in [5, 5.41) is 0. The van der Waals surface area contributed by atoms with Gasteiger partial charge in [-0.05, 0) is 24.7 Å². The lowest BCUT2D eigenvalue weighted by molar-refractivity contribution is 0.299. The first-order chi connectivity index (χ1) is 5.98. The Morgan fingerprint density at radius 2 is 1.85 bits per heavy atom. The van der Waals surface area contributed by atoms with Crippen LogP contribution < -0.4 is 5.73 Å². The molecule has 1 nitrogen and oxygen atoms in total. The van der Waals surface area contributed by atoms with Crippen molar-refractivity contribution < 1.29 is 0 Å². The van der Waals surface area contributed by atoms with Gasteiger partial charge in [-0.15, -0.1) is 6.58 Å². The molecule has 1 heteroatoms. The molecule has 13 heavy (non-hydrogen) atoms. The van der Waals surface area contributed by atoms with Gasteiger partial charge in [0.2, 0.25) is 0 Å². The third-order valence-corrected chi connectivity index (χ3v) is 2.54. The first-order valence-electron chi connectivity index (χ1n) is 5.35. The zero-order valence-corrected chi connectivity index (χ0v) is 9.47. The van der Waals surface area contributed by atoms with E-state index in [-0.39, 0.29) is 5.41 Å².